The number of ether oxygens (including phenoxy) is 3. The number of aryl methyl sites for hydroxylation is 2. The Labute approximate surface area is 189 Å². The van der Waals surface area contributed by atoms with E-state index in [2.05, 4.69) is 5.32 Å². The van der Waals surface area contributed by atoms with Crippen LogP contribution in [0.2, 0.25) is 0 Å². The Morgan fingerprint density at radius 2 is 1.84 bits per heavy atom. The minimum atomic E-state index is -3.71. The maximum atomic E-state index is 13.0. The summed E-state index contributed by atoms with van der Waals surface area (Å²) >= 11 is 0. The Kier molecular flexibility index (Phi) is 7.76. The highest BCUT2D eigenvalue weighted by Crippen LogP contribution is 2.30. The van der Waals surface area contributed by atoms with Crippen LogP contribution in [0, 0.1) is 13.8 Å². The quantitative estimate of drug-likeness (QED) is 0.648. The van der Waals surface area contributed by atoms with E-state index in [1.54, 1.807) is 0 Å². The maximum absolute atomic E-state index is 13.0. The van der Waals surface area contributed by atoms with Crippen LogP contribution in [0.3, 0.4) is 0 Å². The monoisotopic (exact) mass is 462 g/mol. The van der Waals surface area contributed by atoms with Crippen LogP contribution in [-0.4, -0.2) is 58.1 Å². The Hall–Kier alpha value is -2.62. The van der Waals surface area contributed by atoms with E-state index in [4.69, 9.17) is 14.2 Å². The van der Waals surface area contributed by atoms with Crippen LogP contribution < -0.4 is 14.8 Å². The Balaban J connectivity index is 1.83. The number of nitrogens with zero attached hydrogens (tertiary/aromatic N) is 1. The third kappa shape index (κ3) is 5.40. The number of nitrogens with one attached hydrogen (secondary N) is 1. The van der Waals surface area contributed by atoms with Crippen LogP contribution in [0.15, 0.2) is 41.3 Å². The highest BCUT2D eigenvalue weighted by molar-refractivity contribution is 7.89. The zero-order chi connectivity index (χ0) is 23.3. The van der Waals surface area contributed by atoms with Crippen LogP contribution >= 0.6 is 0 Å². The van der Waals surface area contributed by atoms with E-state index in [9.17, 15) is 13.2 Å². The van der Waals surface area contributed by atoms with Gasteiger partial charge in [0.2, 0.25) is 10.0 Å². The number of anilines is 1. The number of hydrogen-bond acceptors (Lipinski definition) is 6. The lowest BCUT2D eigenvalue weighted by Crippen LogP contribution is -2.40. The van der Waals surface area contributed by atoms with E-state index >= 15 is 0 Å². The van der Waals surface area contributed by atoms with Crippen molar-refractivity contribution in [1.29, 1.82) is 0 Å². The second kappa shape index (κ2) is 10.3. The Bertz CT molecular complexity index is 1060. The fourth-order valence-corrected chi connectivity index (χ4v) is 4.84. The molecule has 0 saturated carbocycles. The molecule has 174 valence electrons. The molecule has 2 aromatic rings. The molecule has 0 bridgehead atoms. The molecule has 1 N–H and O–H groups in total. The van der Waals surface area contributed by atoms with E-state index < -0.39 is 16.1 Å². The summed E-state index contributed by atoms with van der Waals surface area (Å²) in [5.41, 5.74) is 2.23. The number of rotatable bonds is 8. The van der Waals surface area contributed by atoms with Crippen molar-refractivity contribution >= 4 is 21.6 Å². The van der Waals surface area contributed by atoms with E-state index in [-0.39, 0.29) is 29.6 Å². The highest BCUT2D eigenvalue weighted by atomic mass is 32.2. The van der Waals surface area contributed by atoms with Gasteiger partial charge in [-0.05, 0) is 55.7 Å². The summed E-state index contributed by atoms with van der Waals surface area (Å²) in [6.07, 6.45) is -0.312. The topological polar surface area (TPSA) is 94.2 Å². The second-order valence-corrected chi connectivity index (χ2v) is 9.59. The summed E-state index contributed by atoms with van der Waals surface area (Å²) in [6.45, 7) is 7.02. The van der Waals surface area contributed by atoms with Crippen molar-refractivity contribution in [2.24, 2.45) is 0 Å². The lowest BCUT2D eigenvalue weighted by Gasteiger charge is -2.26. The molecule has 8 nitrogen and oxygen atoms in total. The first-order valence-electron chi connectivity index (χ1n) is 10.6. The second-order valence-electron chi connectivity index (χ2n) is 7.65. The van der Waals surface area contributed by atoms with Gasteiger partial charge in [-0.1, -0.05) is 19.1 Å². The Morgan fingerprint density at radius 1 is 1.12 bits per heavy atom. The van der Waals surface area contributed by atoms with Crippen LogP contribution in [-0.2, 0) is 19.6 Å². The van der Waals surface area contributed by atoms with Gasteiger partial charge in [0.25, 0.3) is 5.91 Å². The molecule has 1 aliphatic heterocycles. The zero-order valence-electron chi connectivity index (χ0n) is 18.9. The van der Waals surface area contributed by atoms with Crippen molar-refractivity contribution in [1.82, 2.24) is 4.31 Å². The first-order chi connectivity index (χ1) is 15.3. The molecule has 9 heteroatoms. The normalized spacial score (nSPS) is 15.8. The fourth-order valence-electron chi connectivity index (χ4n) is 3.40. The molecule has 1 heterocycles. The van der Waals surface area contributed by atoms with Gasteiger partial charge in [-0.3, -0.25) is 4.79 Å². The van der Waals surface area contributed by atoms with Gasteiger partial charge in [-0.15, -0.1) is 0 Å². The number of methoxy groups -OCH3 is 1. The summed E-state index contributed by atoms with van der Waals surface area (Å²) in [5.74, 6) is 0.621. The Morgan fingerprint density at radius 3 is 2.50 bits per heavy atom. The number of carbonyl (C=O) groups is 1. The lowest BCUT2D eigenvalue weighted by molar-refractivity contribution is -0.122. The van der Waals surface area contributed by atoms with Gasteiger partial charge in [0, 0.05) is 13.1 Å². The van der Waals surface area contributed by atoms with Gasteiger partial charge in [0.15, 0.2) is 6.10 Å². The van der Waals surface area contributed by atoms with E-state index in [1.807, 2.05) is 39.0 Å². The van der Waals surface area contributed by atoms with Crippen LogP contribution in [0.4, 0.5) is 5.69 Å². The van der Waals surface area contributed by atoms with Gasteiger partial charge in [0.05, 0.1) is 30.9 Å². The minimum Gasteiger partial charge on any atom is -0.495 e. The smallest absolute Gasteiger partial charge is 0.265 e. The minimum absolute atomic E-state index is 0.0824. The molecular formula is C23H30N2O6S. The van der Waals surface area contributed by atoms with Crippen LogP contribution in [0.1, 0.15) is 24.5 Å². The van der Waals surface area contributed by atoms with Crippen molar-refractivity contribution in [3.05, 3.63) is 47.5 Å². The number of amides is 1. The molecule has 0 aromatic heterocycles. The van der Waals surface area contributed by atoms with Crippen LogP contribution in [0.25, 0.3) is 0 Å². The van der Waals surface area contributed by atoms with E-state index in [0.717, 1.165) is 11.1 Å². The number of sulfonamides is 1. The average molecular weight is 463 g/mol. The van der Waals surface area contributed by atoms with E-state index in [0.29, 0.717) is 31.1 Å². The lowest BCUT2D eigenvalue weighted by atomic mass is 10.1. The molecule has 0 aliphatic carbocycles. The summed E-state index contributed by atoms with van der Waals surface area (Å²) in [7, 11) is -2.25. The first kappa shape index (κ1) is 24.0. The number of morpholine rings is 1. The third-order valence-electron chi connectivity index (χ3n) is 5.31. The SMILES string of the molecule is CC[C@@H](Oc1cc(C)ccc1C)C(=O)Nc1cc(S(=O)(=O)N2CCOCC2)ccc1OC. The first-order valence-corrected chi connectivity index (χ1v) is 12.0. The predicted octanol–water partition coefficient (Wildman–Crippen LogP) is 3.13. The molecule has 1 amide bonds. The van der Waals surface area contributed by atoms with Crippen molar-refractivity contribution in [2.75, 3.05) is 38.7 Å². The summed E-state index contributed by atoms with van der Waals surface area (Å²) < 4.78 is 44.0. The van der Waals surface area contributed by atoms with Gasteiger partial charge in [-0.2, -0.15) is 4.31 Å². The highest BCUT2D eigenvalue weighted by Gasteiger charge is 2.28. The molecule has 1 aliphatic rings. The van der Waals surface area contributed by atoms with Crippen molar-refractivity contribution in [3.63, 3.8) is 0 Å². The maximum Gasteiger partial charge on any atom is 0.265 e. The zero-order valence-corrected chi connectivity index (χ0v) is 19.7. The van der Waals surface area contributed by atoms with Gasteiger partial charge < -0.3 is 19.5 Å². The summed E-state index contributed by atoms with van der Waals surface area (Å²) in [5, 5.41) is 2.79. The predicted molar refractivity (Wildman–Crippen MR) is 122 cm³/mol. The van der Waals surface area contributed by atoms with Gasteiger partial charge >= 0.3 is 0 Å². The molecule has 1 atom stereocenters. The van der Waals surface area contributed by atoms with Gasteiger partial charge in [-0.25, -0.2) is 8.42 Å². The molecule has 1 fully saturated rings. The fraction of sp³-hybridized carbons (Fsp3) is 0.435. The largest absolute Gasteiger partial charge is 0.495 e. The van der Waals surface area contributed by atoms with Crippen LogP contribution in [0.5, 0.6) is 11.5 Å². The molecular weight excluding hydrogens is 432 g/mol. The van der Waals surface area contributed by atoms with Gasteiger partial charge in [0.1, 0.15) is 11.5 Å². The summed E-state index contributed by atoms with van der Waals surface area (Å²) in [4.78, 5) is 13.1. The molecule has 3 rings (SSSR count). The molecule has 0 unspecified atom stereocenters. The van der Waals surface area contributed by atoms with E-state index in [1.165, 1.54) is 29.6 Å². The molecule has 2 aromatic carbocycles. The third-order valence-corrected chi connectivity index (χ3v) is 7.21. The standard InChI is InChI=1S/C23H30N2O6S/c1-5-20(31-22-14-16(2)6-7-17(22)3)23(26)24-19-15-18(8-9-21(19)29-4)32(27,28)25-10-12-30-13-11-25/h6-9,14-15,20H,5,10-13H2,1-4H3,(H,24,26)/t20-/m1/s1. The van der Waals surface area contributed by atoms with Crippen molar-refractivity contribution in [2.45, 2.75) is 38.2 Å². The molecule has 1 saturated heterocycles. The number of hydrogen-bond donors (Lipinski definition) is 1. The average Bonchev–Trinajstić information content (AvgIpc) is 2.80. The number of carbonyl (C=O) groups excluding carboxylic acids is 1. The number of benzene rings is 2. The van der Waals surface area contributed by atoms with Crippen molar-refractivity contribution < 1.29 is 27.4 Å². The molecule has 0 spiro atoms. The molecule has 32 heavy (non-hydrogen) atoms. The summed E-state index contributed by atoms with van der Waals surface area (Å²) in [6, 6.07) is 10.2. The molecule has 0 radical (unpaired) electrons. The van der Waals surface area contributed by atoms with Crippen molar-refractivity contribution in [3.8, 4) is 11.5 Å².